The Kier molecular flexibility index (Phi) is 12.6. The largest absolute Gasteiger partial charge is 0.400 e. The summed E-state index contributed by atoms with van der Waals surface area (Å²) in [6, 6.07) is 11.4. The summed E-state index contributed by atoms with van der Waals surface area (Å²) in [6.07, 6.45) is 7.03. The van der Waals surface area contributed by atoms with Crippen LogP contribution in [0, 0.1) is 4.91 Å². The first-order valence-electron chi connectivity index (χ1n) is 12.7. The molecule has 11 nitrogen and oxygen atoms in total. The van der Waals surface area contributed by atoms with Crippen LogP contribution in [-0.4, -0.2) is 60.3 Å². The van der Waals surface area contributed by atoms with Gasteiger partial charge in [-0.15, -0.1) is 4.91 Å². The maximum absolute atomic E-state index is 13.4. The van der Waals surface area contributed by atoms with Crippen molar-refractivity contribution >= 4 is 41.1 Å². The standard InChI is InChI=1S/C26H32N6O4.CH4O/c1-2-32(21-6-4-3-5-7-21)26(35)19-10-13-22(28-15-14-24(27)33)23(16-19)29-17-30-25(34)18-8-11-20(31-36)12-9-18;1-2/h8-13,16-17,21,28H,2-7,14-15H2,1H3,(H2,27,33)(H,29,30,34);2H,1H3/p+1. The van der Waals surface area contributed by atoms with Gasteiger partial charge in [-0.05, 0) is 67.4 Å². The Bertz CT molecular complexity index is 1110. The molecule has 3 rings (SSSR count). The molecule has 0 spiro atoms. The number of aliphatic hydroxyl groups excluding tert-OH is 1. The van der Waals surface area contributed by atoms with E-state index in [0.717, 1.165) is 32.8 Å². The summed E-state index contributed by atoms with van der Waals surface area (Å²) in [5.74, 6) is -0.849. The highest BCUT2D eigenvalue weighted by Gasteiger charge is 2.25. The van der Waals surface area contributed by atoms with Crippen LogP contribution in [0.4, 0.5) is 17.1 Å². The number of primary amides is 1. The highest BCUT2D eigenvalue weighted by molar-refractivity contribution is 6.00. The number of hydrogen-bond acceptors (Lipinski definition) is 7. The predicted octanol–water partition coefficient (Wildman–Crippen LogP) is 1.95. The van der Waals surface area contributed by atoms with Gasteiger partial charge in [-0.2, -0.15) is 0 Å². The van der Waals surface area contributed by atoms with E-state index in [4.69, 9.17) is 10.8 Å². The molecule has 0 atom stereocenters. The normalized spacial score (nSPS) is 13.2. The molecule has 0 radical (unpaired) electrons. The van der Waals surface area contributed by atoms with Gasteiger partial charge in [-0.25, -0.2) is 15.1 Å². The molecule has 1 saturated carbocycles. The first-order valence-corrected chi connectivity index (χ1v) is 12.7. The summed E-state index contributed by atoms with van der Waals surface area (Å²) in [5, 5.41) is 15.6. The lowest BCUT2D eigenvalue weighted by Gasteiger charge is -2.33. The number of carbonyl (C=O) groups excluding carboxylic acids is 3. The van der Waals surface area contributed by atoms with E-state index < -0.39 is 5.91 Å². The van der Waals surface area contributed by atoms with Crippen LogP contribution < -0.4 is 21.4 Å². The lowest BCUT2D eigenvalue weighted by molar-refractivity contribution is -0.348. The van der Waals surface area contributed by atoms with E-state index in [1.54, 1.807) is 18.2 Å². The molecule has 11 heteroatoms. The Labute approximate surface area is 222 Å². The summed E-state index contributed by atoms with van der Waals surface area (Å²) in [4.78, 5) is 52.5. The van der Waals surface area contributed by atoms with Crippen molar-refractivity contribution in [2.24, 2.45) is 10.9 Å². The van der Waals surface area contributed by atoms with Crippen LogP contribution in [0.3, 0.4) is 0 Å². The first kappa shape index (κ1) is 30.1. The minimum atomic E-state index is -0.426. The number of anilines is 1. The maximum Gasteiger partial charge on any atom is 0.338 e. The fourth-order valence-electron chi connectivity index (χ4n) is 4.33. The number of benzene rings is 2. The zero-order valence-electron chi connectivity index (χ0n) is 21.9. The van der Waals surface area contributed by atoms with Gasteiger partial charge in [0.25, 0.3) is 5.91 Å². The maximum atomic E-state index is 13.4. The van der Waals surface area contributed by atoms with Gasteiger partial charge in [0.15, 0.2) is 0 Å². The highest BCUT2D eigenvalue weighted by Crippen LogP contribution is 2.25. The molecule has 0 unspecified atom stereocenters. The van der Waals surface area contributed by atoms with Gasteiger partial charge in [-0.3, -0.25) is 9.59 Å². The van der Waals surface area contributed by atoms with Crippen LogP contribution in [0.2, 0.25) is 0 Å². The first-order chi connectivity index (χ1) is 18.4. The van der Waals surface area contributed by atoms with Crippen molar-refractivity contribution in [1.82, 2.24) is 10.2 Å². The van der Waals surface area contributed by atoms with Crippen molar-refractivity contribution < 1.29 is 24.5 Å². The number of rotatable bonds is 11. The molecule has 0 heterocycles. The second-order valence-corrected chi connectivity index (χ2v) is 8.69. The monoisotopic (exact) mass is 525 g/mol. The van der Waals surface area contributed by atoms with E-state index in [1.807, 2.05) is 11.8 Å². The second kappa shape index (κ2) is 15.9. The van der Waals surface area contributed by atoms with Crippen molar-refractivity contribution in [1.29, 1.82) is 0 Å². The van der Waals surface area contributed by atoms with E-state index in [0.29, 0.717) is 35.6 Å². The molecule has 0 saturated heterocycles. The van der Waals surface area contributed by atoms with Gasteiger partial charge in [0, 0.05) is 38.2 Å². The van der Waals surface area contributed by atoms with Crippen LogP contribution in [-0.2, 0) is 4.79 Å². The third-order valence-corrected chi connectivity index (χ3v) is 6.24. The Hall–Kier alpha value is -4.12. The molecular weight excluding hydrogens is 488 g/mol. The molecular formula is C27H37N6O5+. The predicted molar refractivity (Wildman–Crippen MR) is 147 cm³/mol. The van der Waals surface area contributed by atoms with Crippen molar-refractivity contribution in [3.8, 4) is 0 Å². The molecule has 6 N–H and O–H groups in total. The van der Waals surface area contributed by atoms with Crippen molar-refractivity contribution in [3.63, 3.8) is 0 Å². The lowest BCUT2D eigenvalue weighted by atomic mass is 9.93. The number of carbonyl (C=O) groups is 3. The molecule has 3 amide bonds. The van der Waals surface area contributed by atoms with E-state index >= 15 is 0 Å². The zero-order chi connectivity index (χ0) is 27.9. The molecule has 0 aromatic heterocycles. The fraction of sp³-hybridized carbons (Fsp3) is 0.407. The summed E-state index contributed by atoms with van der Waals surface area (Å²) < 4.78 is 0. The average molecular weight is 526 g/mol. The van der Waals surface area contributed by atoms with Crippen molar-refractivity contribution in [3.05, 3.63) is 58.5 Å². The molecule has 1 aliphatic carbocycles. The molecule has 0 bridgehead atoms. The minimum Gasteiger partial charge on any atom is -0.400 e. The van der Waals surface area contributed by atoms with Gasteiger partial charge >= 0.3 is 5.91 Å². The van der Waals surface area contributed by atoms with E-state index in [-0.39, 0.29) is 30.0 Å². The van der Waals surface area contributed by atoms with E-state index in [2.05, 4.69) is 20.8 Å². The Morgan fingerprint density at radius 2 is 1.74 bits per heavy atom. The fourth-order valence-corrected chi connectivity index (χ4v) is 4.33. The van der Waals surface area contributed by atoms with Crippen LogP contribution >= 0.6 is 0 Å². The smallest absolute Gasteiger partial charge is 0.338 e. The number of nitroso groups, excluding NO2 is 1. The zero-order valence-corrected chi connectivity index (χ0v) is 21.9. The number of nitrogens with two attached hydrogens (primary N) is 1. The number of aliphatic hydroxyl groups is 1. The molecule has 0 aliphatic heterocycles. The van der Waals surface area contributed by atoms with Crippen LogP contribution in [0.5, 0.6) is 0 Å². The summed E-state index contributed by atoms with van der Waals surface area (Å²) >= 11 is 0. The minimum absolute atomic E-state index is 0.0379. The van der Waals surface area contributed by atoms with Crippen LogP contribution in [0.15, 0.2) is 47.6 Å². The van der Waals surface area contributed by atoms with E-state index in [9.17, 15) is 19.3 Å². The number of hydrogen-bond donors (Lipinski definition) is 5. The van der Waals surface area contributed by atoms with Gasteiger partial charge in [0.05, 0.1) is 11.3 Å². The van der Waals surface area contributed by atoms with Gasteiger partial charge in [-0.1, -0.05) is 19.3 Å². The topological polar surface area (TPSA) is 168 Å². The van der Waals surface area contributed by atoms with Gasteiger partial charge in [0.2, 0.25) is 12.2 Å². The molecule has 1 fully saturated rings. The molecule has 2 aromatic rings. The molecule has 204 valence electrons. The quantitative estimate of drug-likeness (QED) is 0.171. The van der Waals surface area contributed by atoms with Crippen LogP contribution in [0.1, 0.15) is 66.2 Å². The van der Waals surface area contributed by atoms with Crippen LogP contribution in [0.25, 0.3) is 0 Å². The molecule has 2 aromatic carbocycles. The number of nitrogens with zero attached hydrogens (tertiary/aromatic N) is 2. The van der Waals surface area contributed by atoms with Gasteiger partial charge in [0.1, 0.15) is 11.4 Å². The Morgan fingerprint density at radius 1 is 1.08 bits per heavy atom. The van der Waals surface area contributed by atoms with Crippen molar-refractivity contribution in [2.45, 2.75) is 51.5 Å². The van der Waals surface area contributed by atoms with Gasteiger partial charge < -0.3 is 21.1 Å². The highest BCUT2D eigenvalue weighted by atomic mass is 16.3. The van der Waals surface area contributed by atoms with E-state index in [1.165, 1.54) is 37.0 Å². The summed E-state index contributed by atoms with van der Waals surface area (Å²) in [7, 11) is 1.00. The molecule has 38 heavy (non-hydrogen) atoms. The molecule has 1 aliphatic rings. The lowest BCUT2D eigenvalue weighted by Crippen LogP contribution is -2.65. The van der Waals surface area contributed by atoms with Crippen molar-refractivity contribution in [2.75, 3.05) is 25.5 Å². The third kappa shape index (κ3) is 8.77. The third-order valence-electron chi connectivity index (χ3n) is 6.24. The number of nitrogens with one attached hydrogen (secondary N) is 3. The summed E-state index contributed by atoms with van der Waals surface area (Å²) in [6.45, 7) is 2.95. The Balaban J connectivity index is 0.00000247. The number of amides is 3. The average Bonchev–Trinajstić information content (AvgIpc) is 2.95. The summed E-state index contributed by atoms with van der Waals surface area (Å²) in [5.41, 5.74) is 7.58. The SMILES string of the molecule is CCN(C(=O)c1ccc(NCCC(N)=O)c([NH+]=CNC(=O)c2ccc(N=O)cc2)c1)C1CCCCC1.CO. The Morgan fingerprint density at radius 3 is 2.34 bits per heavy atom. The second-order valence-electron chi connectivity index (χ2n) is 8.69.